The molecule has 0 unspecified atom stereocenters. The first-order valence-corrected chi connectivity index (χ1v) is 14.2. The van der Waals surface area contributed by atoms with Gasteiger partial charge in [0.15, 0.2) is 23.1 Å². The predicted octanol–water partition coefficient (Wildman–Crippen LogP) is 5.21. The van der Waals surface area contributed by atoms with E-state index in [0.717, 1.165) is 22.6 Å². The average molecular weight is 527 g/mol. The molecule has 0 amide bonds. The molecule has 7 nitrogen and oxygen atoms in total. The van der Waals surface area contributed by atoms with Gasteiger partial charge in [-0.25, -0.2) is 15.0 Å². The number of halogens is 3. The van der Waals surface area contributed by atoms with Gasteiger partial charge in [0.2, 0.25) is 0 Å². The maximum absolute atomic E-state index is 13.0. The van der Waals surface area contributed by atoms with E-state index in [2.05, 4.69) is 14.9 Å². The largest absolute Gasteiger partial charge is 0.486 e. The van der Waals surface area contributed by atoms with E-state index in [4.69, 9.17) is 9.72 Å². The topological polar surface area (TPSA) is 73.1 Å². The molecule has 3 heterocycles. The summed E-state index contributed by atoms with van der Waals surface area (Å²) in [5.41, 5.74) is 1.35. The Bertz CT molecular complexity index is 1500. The summed E-state index contributed by atoms with van der Waals surface area (Å²) in [6, 6.07) is 14.7. The number of alkyl halides is 3. The number of fused-ring (bicyclic) bond motifs is 1. The van der Waals surface area contributed by atoms with E-state index < -0.39 is 19.0 Å². The second kappa shape index (κ2) is 9.34. The average Bonchev–Trinajstić information content (AvgIpc) is 3.26. The molecule has 1 aliphatic rings. The first-order chi connectivity index (χ1) is 17.5. The van der Waals surface area contributed by atoms with E-state index in [9.17, 15) is 17.7 Å². The van der Waals surface area contributed by atoms with Crippen LogP contribution >= 0.6 is 7.14 Å². The number of benzene rings is 2. The Morgan fingerprint density at radius 2 is 1.78 bits per heavy atom. The van der Waals surface area contributed by atoms with Crippen molar-refractivity contribution in [2.45, 2.75) is 12.7 Å². The van der Waals surface area contributed by atoms with Crippen molar-refractivity contribution in [1.82, 2.24) is 19.5 Å². The summed E-state index contributed by atoms with van der Waals surface area (Å²) in [4.78, 5) is 15.1. The highest BCUT2D eigenvalue weighted by molar-refractivity contribution is 7.70. The lowest BCUT2D eigenvalue weighted by molar-refractivity contribution is -0.140. The quantitative estimate of drug-likeness (QED) is 0.332. The number of hydrogen-bond donors (Lipinski definition) is 0. The molecule has 0 spiro atoms. The van der Waals surface area contributed by atoms with Crippen molar-refractivity contribution in [3.05, 3.63) is 72.2 Å². The summed E-state index contributed by atoms with van der Waals surface area (Å²) in [7, 11) is -1.01. The fourth-order valence-corrected chi connectivity index (χ4v) is 5.53. The van der Waals surface area contributed by atoms with Gasteiger partial charge < -0.3 is 18.8 Å². The molecule has 5 rings (SSSR count). The zero-order valence-corrected chi connectivity index (χ0v) is 21.4. The van der Waals surface area contributed by atoms with E-state index in [1.54, 1.807) is 38.7 Å². The number of ether oxygens (including phenoxy) is 1. The minimum Gasteiger partial charge on any atom is -0.486 e. The number of rotatable bonds is 5. The minimum absolute atomic E-state index is 0.246. The van der Waals surface area contributed by atoms with Crippen LogP contribution in [0.2, 0.25) is 0 Å². The highest BCUT2D eigenvalue weighted by Gasteiger charge is 2.34. The third kappa shape index (κ3) is 5.11. The van der Waals surface area contributed by atoms with Crippen LogP contribution in [0, 0.1) is 0 Å². The van der Waals surface area contributed by atoms with Crippen molar-refractivity contribution < 1.29 is 22.5 Å². The van der Waals surface area contributed by atoms with E-state index in [1.807, 2.05) is 36.4 Å². The molecule has 0 fully saturated rings. The minimum atomic E-state index is -4.49. The Labute approximate surface area is 212 Å². The lowest BCUT2D eigenvalue weighted by Gasteiger charge is -2.30. The van der Waals surface area contributed by atoms with Crippen LogP contribution in [0.3, 0.4) is 0 Å². The van der Waals surface area contributed by atoms with Crippen LogP contribution in [0.4, 0.5) is 19.0 Å². The molecule has 0 aliphatic carbocycles. The molecule has 192 valence electrons. The van der Waals surface area contributed by atoms with Gasteiger partial charge in [0.1, 0.15) is 19.6 Å². The molecule has 2 aromatic heterocycles. The summed E-state index contributed by atoms with van der Waals surface area (Å²) in [5, 5.41) is 0.719. The molecule has 0 bridgehead atoms. The Hall–Kier alpha value is -3.65. The Morgan fingerprint density at radius 3 is 2.46 bits per heavy atom. The monoisotopic (exact) mass is 527 g/mol. The summed E-state index contributed by atoms with van der Waals surface area (Å²) < 4.78 is 59.1. The van der Waals surface area contributed by atoms with Gasteiger partial charge in [-0.2, -0.15) is 13.2 Å². The molecule has 0 radical (unpaired) electrons. The molecule has 37 heavy (non-hydrogen) atoms. The zero-order valence-electron chi connectivity index (χ0n) is 20.5. The van der Waals surface area contributed by atoms with Crippen LogP contribution in [-0.4, -0.2) is 46.0 Å². The maximum Gasteiger partial charge on any atom is 0.434 e. The summed E-state index contributed by atoms with van der Waals surface area (Å²) in [5.74, 6) is 1.92. The second-order valence-electron chi connectivity index (χ2n) is 9.27. The Balaban J connectivity index is 1.42. The smallest absolute Gasteiger partial charge is 0.434 e. The van der Waals surface area contributed by atoms with Gasteiger partial charge in [-0.05, 0) is 18.9 Å². The van der Waals surface area contributed by atoms with Crippen LogP contribution in [0.15, 0.2) is 60.9 Å². The van der Waals surface area contributed by atoms with E-state index >= 15 is 0 Å². The third-order valence-electron chi connectivity index (χ3n) is 6.13. The third-order valence-corrected chi connectivity index (χ3v) is 7.68. The van der Waals surface area contributed by atoms with Gasteiger partial charge in [-0.1, -0.05) is 48.5 Å². The van der Waals surface area contributed by atoms with Crippen molar-refractivity contribution in [2.75, 3.05) is 31.4 Å². The number of imidazole rings is 1. The number of anilines is 1. The molecule has 0 saturated carbocycles. The Kier molecular flexibility index (Phi) is 6.31. The normalized spacial score (nSPS) is 13.8. The first-order valence-electron chi connectivity index (χ1n) is 11.6. The summed E-state index contributed by atoms with van der Waals surface area (Å²) in [6.45, 7) is 5.03. The molecular formula is C26H25F3N5O2P. The molecule has 0 saturated heterocycles. The molecule has 1 aliphatic heterocycles. The standard InChI is InChI=1S/C26H25F3N5O2P/c1-33-16-22(26(27,28)29)31-24(33)18-10-8-17(9-11-18)15-34-12-13-36-20-14-30-23(32-25(20)34)19-6-4-5-7-21(19)37(2,3)35/h4-11,14,16H,12-13,15H2,1-3H3. The molecule has 2 aromatic carbocycles. The van der Waals surface area contributed by atoms with Crippen LogP contribution in [0.1, 0.15) is 11.3 Å². The molecule has 4 aromatic rings. The van der Waals surface area contributed by atoms with Crippen molar-refractivity contribution in [2.24, 2.45) is 7.05 Å². The number of nitrogens with zero attached hydrogens (tertiary/aromatic N) is 5. The van der Waals surface area contributed by atoms with E-state index in [0.29, 0.717) is 42.7 Å². The highest BCUT2D eigenvalue weighted by atomic mass is 31.2. The lowest BCUT2D eigenvalue weighted by atomic mass is 10.1. The lowest BCUT2D eigenvalue weighted by Crippen LogP contribution is -2.33. The van der Waals surface area contributed by atoms with Crippen LogP contribution in [0.5, 0.6) is 5.75 Å². The number of aryl methyl sites for hydroxylation is 1. The number of aromatic nitrogens is 4. The van der Waals surface area contributed by atoms with Crippen molar-refractivity contribution in [1.29, 1.82) is 0 Å². The number of hydrogen-bond acceptors (Lipinski definition) is 6. The van der Waals surface area contributed by atoms with Crippen LogP contribution in [-0.2, 0) is 24.3 Å². The van der Waals surface area contributed by atoms with Gasteiger partial charge in [-0.15, -0.1) is 0 Å². The van der Waals surface area contributed by atoms with E-state index in [1.165, 1.54) is 4.57 Å². The van der Waals surface area contributed by atoms with Gasteiger partial charge in [0.05, 0.1) is 12.7 Å². The van der Waals surface area contributed by atoms with Gasteiger partial charge in [0.25, 0.3) is 0 Å². The van der Waals surface area contributed by atoms with Crippen molar-refractivity contribution >= 4 is 18.3 Å². The highest BCUT2D eigenvalue weighted by Crippen LogP contribution is 2.39. The SMILES string of the molecule is Cn1cc(C(F)(F)F)nc1-c1ccc(CN2CCOc3cnc(-c4ccccc4P(C)(C)=O)nc32)cc1. The zero-order chi connectivity index (χ0) is 26.4. The van der Waals surface area contributed by atoms with E-state index in [-0.39, 0.29) is 5.82 Å². The molecule has 0 N–H and O–H groups in total. The van der Waals surface area contributed by atoms with Gasteiger partial charge in [-0.3, -0.25) is 0 Å². The second-order valence-corrected chi connectivity index (χ2v) is 12.5. The fraction of sp³-hybridized carbons (Fsp3) is 0.269. The van der Waals surface area contributed by atoms with Gasteiger partial charge in [0, 0.05) is 36.2 Å². The van der Waals surface area contributed by atoms with Gasteiger partial charge >= 0.3 is 6.18 Å². The Morgan fingerprint density at radius 1 is 1.05 bits per heavy atom. The predicted molar refractivity (Wildman–Crippen MR) is 137 cm³/mol. The summed E-state index contributed by atoms with van der Waals surface area (Å²) >= 11 is 0. The van der Waals surface area contributed by atoms with Crippen molar-refractivity contribution in [3.8, 4) is 28.5 Å². The molecular weight excluding hydrogens is 502 g/mol. The maximum atomic E-state index is 13.0. The molecule has 0 atom stereocenters. The van der Waals surface area contributed by atoms with Crippen LogP contribution in [0.25, 0.3) is 22.8 Å². The summed E-state index contributed by atoms with van der Waals surface area (Å²) in [6.07, 6.45) is -1.87. The fourth-order valence-electron chi connectivity index (χ4n) is 4.33. The van der Waals surface area contributed by atoms with Crippen LogP contribution < -0.4 is 14.9 Å². The first kappa shape index (κ1) is 25.0. The molecule has 11 heteroatoms. The van der Waals surface area contributed by atoms with Crippen molar-refractivity contribution in [3.63, 3.8) is 0 Å².